The highest BCUT2D eigenvalue weighted by molar-refractivity contribution is 5.45. The largest absolute Gasteiger partial charge is 0.508 e. The Bertz CT molecular complexity index is 378. The first-order valence-electron chi connectivity index (χ1n) is 9.43. The number of unbranched alkanes of at least 4 members (excludes halogenated alkanes) is 9. The van der Waals surface area contributed by atoms with E-state index < -0.39 is 0 Å². The van der Waals surface area contributed by atoms with Crippen LogP contribution in [0, 0.1) is 0 Å². The fourth-order valence-electron chi connectivity index (χ4n) is 2.78. The molecule has 23 heavy (non-hydrogen) atoms. The molecule has 0 radical (unpaired) electrons. The van der Waals surface area contributed by atoms with Gasteiger partial charge in [0.1, 0.15) is 5.75 Å². The van der Waals surface area contributed by atoms with Crippen LogP contribution in [-0.2, 0) is 0 Å². The molecule has 132 valence electrons. The van der Waals surface area contributed by atoms with Gasteiger partial charge in [0.2, 0.25) is 0 Å². The minimum absolute atomic E-state index is 0.265. The third-order valence-electron chi connectivity index (χ3n) is 4.30. The van der Waals surface area contributed by atoms with Crippen LogP contribution in [0.4, 0.5) is 5.69 Å². The number of phenols is 1. The normalized spacial score (nSPS) is 12.3. The molecule has 0 saturated heterocycles. The Morgan fingerprint density at radius 3 is 1.91 bits per heavy atom. The predicted octanol–water partition coefficient (Wildman–Crippen LogP) is 5.48. The first kappa shape index (κ1) is 19.8. The smallest absolute Gasteiger partial charge is 0.115 e. The van der Waals surface area contributed by atoms with Crippen molar-refractivity contribution in [1.29, 1.82) is 0 Å². The van der Waals surface area contributed by atoms with Gasteiger partial charge in [-0.1, -0.05) is 71.1 Å². The van der Waals surface area contributed by atoms with Gasteiger partial charge < -0.3 is 15.5 Å². The van der Waals surface area contributed by atoms with E-state index in [0.717, 1.165) is 18.5 Å². The van der Waals surface area contributed by atoms with Gasteiger partial charge in [-0.05, 0) is 30.7 Å². The summed E-state index contributed by atoms with van der Waals surface area (Å²) in [5, 5.41) is 22.4. The summed E-state index contributed by atoms with van der Waals surface area (Å²) >= 11 is 0. The van der Waals surface area contributed by atoms with Crippen molar-refractivity contribution in [2.24, 2.45) is 0 Å². The Kier molecular flexibility index (Phi) is 11.4. The van der Waals surface area contributed by atoms with Gasteiger partial charge in [-0.3, -0.25) is 0 Å². The minimum Gasteiger partial charge on any atom is -0.508 e. The lowest BCUT2D eigenvalue weighted by molar-refractivity contribution is 0.173. The molecular formula is C20H35NO2. The Balaban J connectivity index is 1.90. The van der Waals surface area contributed by atoms with E-state index in [2.05, 4.69) is 12.2 Å². The van der Waals surface area contributed by atoms with Crippen LogP contribution >= 0.6 is 0 Å². The molecule has 0 aliphatic heterocycles. The Labute approximate surface area is 142 Å². The summed E-state index contributed by atoms with van der Waals surface area (Å²) < 4.78 is 0. The number of aliphatic hydroxyl groups excluding tert-OH is 1. The summed E-state index contributed by atoms with van der Waals surface area (Å²) in [6.45, 7) is 2.83. The lowest BCUT2D eigenvalue weighted by atomic mass is 10.0. The molecule has 1 aromatic carbocycles. The zero-order valence-corrected chi connectivity index (χ0v) is 14.8. The fourth-order valence-corrected chi connectivity index (χ4v) is 2.78. The molecule has 0 saturated carbocycles. The number of phenolic OH excluding ortho intramolecular Hbond substituents is 1. The summed E-state index contributed by atoms with van der Waals surface area (Å²) in [4.78, 5) is 0. The topological polar surface area (TPSA) is 52.5 Å². The van der Waals surface area contributed by atoms with Crippen molar-refractivity contribution in [3.05, 3.63) is 24.3 Å². The molecule has 3 N–H and O–H groups in total. The van der Waals surface area contributed by atoms with Gasteiger partial charge in [0.25, 0.3) is 0 Å². The van der Waals surface area contributed by atoms with E-state index in [1.807, 2.05) is 12.1 Å². The van der Waals surface area contributed by atoms with E-state index in [1.54, 1.807) is 12.1 Å². The second-order valence-corrected chi connectivity index (χ2v) is 6.55. The van der Waals surface area contributed by atoms with Crippen LogP contribution in [0.15, 0.2) is 24.3 Å². The number of aliphatic hydroxyl groups is 1. The molecule has 3 heteroatoms. The third kappa shape index (κ3) is 11.0. The highest BCUT2D eigenvalue weighted by Gasteiger charge is 2.03. The van der Waals surface area contributed by atoms with Crippen molar-refractivity contribution < 1.29 is 10.2 Å². The maximum atomic E-state index is 9.98. The molecule has 0 amide bonds. The minimum atomic E-state index is -0.294. The lowest BCUT2D eigenvalue weighted by Gasteiger charge is -2.12. The third-order valence-corrected chi connectivity index (χ3v) is 4.30. The molecule has 0 bridgehead atoms. The molecule has 0 aliphatic carbocycles. The van der Waals surface area contributed by atoms with Crippen LogP contribution < -0.4 is 5.32 Å². The highest BCUT2D eigenvalue weighted by Crippen LogP contribution is 2.15. The van der Waals surface area contributed by atoms with Crippen LogP contribution in [0.5, 0.6) is 5.75 Å². The predicted molar refractivity (Wildman–Crippen MR) is 99.1 cm³/mol. The second kappa shape index (κ2) is 13.2. The first-order valence-corrected chi connectivity index (χ1v) is 9.43. The Hall–Kier alpha value is -1.22. The zero-order chi connectivity index (χ0) is 16.8. The SMILES string of the molecule is CCCCCCCCCCCCC(O)CNc1ccc(O)cc1. The average Bonchev–Trinajstić information content (AvgIpc) is 2.56. The highest BCUT2D eigenvalue weighted by atomic mass is 16.3. The van der Waals surface area contributed by atoms with E-state index in [0.29, 0.717) is 6.54 Å². The molecule has 1 aromatic rings. The molecule has 3 nitrogen and oxygen atoms in total. The second-order valence-electron chi connectivity index (χ2n) is 6.55. The van der Waals surface area contributed by atoms with Crippen LogP contribution in [0.1, 0.15) is 77.6 Å². The number of aromatic hydroxyl groups is 1. The molecule has 0 aliphatic rings. The number of benzene rings is 1. The van der Waals surface area contributed by atoms with Crippen molar-refractivity contribution in [1.82, 2.24) is 0 Å². The van der Waals surface area contributed by atoms with Crippen LogP contribution in [0.2, 0.25) is 0 Å². The maximum Gasteiger partial charge on any atom is 0.115 e. The number of hydrogen-bond donors (Lipinski definition) is 3. The fraction of sp³-hybridized carbons (Fsp3) is 0.700. The molecule has 0 aromatic heterocycles. The number of nitrogens with one attached hydrogen (secondary N) is 1. The summed E-state index contributed by atoms with van der Waals surface area (Å²) in [5.74, 6) is 0.265. The van der Waals surface area contributed by atoms with E-state index in [1.165, 1.54) is 57.8 Å². The van der Waals surface area contributed by atoms with Gasteiger partial charge in [0, 0.05) is 12.2 Å². The van der Waals surface area contributed by atoms with Crippen LogP contribution in [0.3, 0.4) is 0 Å². The summed E-state index contributed by atoms with van der Waals surface area (Å²) in [6, 6.07) is 6.94. The van der Waals surface area contributed by atoms with E-state index in [-0.39, 0.29) is 11.9 Å². The molecule has 0 spiro atoms. The van der Waals surface area contributed by atoms with E-state index >= 15 is 0 Å². The Morgan fingerprint density at radius 1 is 0.826 bits per heavy atom. The lowest BCUT2D eigenvalue weighted by Crippen LogP contribution is -2.19. The quantitative estimate of drug-likeness (QED) is 0.314. The summed E-state index contributed by atoms with van der Waals surface area (Å²) in [5.41, 5.74) is 0.935. The van der Waals surface area contributed by atoms with Crippen molar-refractivity contribution in [2.45, 2.75) is 83.7 Å². The summed E-state index contributed by atoms with van der Waals surface area (Å²) in [6.07, 6.45) is 13.8. The van der Waals surface area contributed by atoms with Crippen LogP contribution in [-0.4, -0.2) is 22.9 Å². The average molecular weight is 322 g/mol. The molecule has 1 rings (SSSR count). The molecule has 1 atom stereocenters. The zero-order valence-electron chi connectivity index (χ0n) is 14.8. The molecule has 1 unspecified atom stereocenters. The monoisotopic (exact) mass is 321 g/mol. The number of anilines is 1. The van der Waals surface area contributed by atoms with Crippen molar-refractivity contribution >= 4 is 5.69 Å². The van der Waals surface area contributed by atoms with E-state index in [9.17, 15) is 10.2 Å². The molecule has 0 heterocycles. The van der Waals surface area contributed by atoms with Crippen molar-refractivity contribution in [3.8, 4) is 5.75 Å². The van der Waals surface area contributed by atoms with Crippen molar-refractivity contribution in [2.75, 3.05) is 11.9 Å². The number of rotatable bonds is 14. The standard InChI is InChI=1S/C20H35NO2/c1-2-3-4-5-6-7-8-9-10-11-12-20(23)17-21-18-13-15-19(22)16-14-18/h13-16,20-23H,2-12,17H2,1H3. The maximum absolute atomic E-state index is 9.98. The molecule has 0 fully saturated rings. The molecular weight excluding hydrogens is 286 g/mol. The van der Waals surface area contributed by atoms with Gasteiger partial charge >= 0.3 is 0 Å². The van der Waals surface area contributed by atoms with Crippen LogP contribution in [0.25, 0.3) is 0 Å². The Morgan fingerprint density at radius 2 is 1.35 bits per heavy atom. The van der Waals surface area contributed by atoms with Gasteiger partial charge in [-0.2, -0.15) is 0 Å². The van der Waals surface area contributed by atoms with Gasteiger partial charge in [-0.25, -0.2) is 0 Å². The number of hydrogen-bond acceptors (Lipinski definition) is 3. The van der Waals surface area contributed by atoms with Gasteiger partial charge in [0.15, 0.2) is 0 Å². The van der Waals surface area contributed by atoms with E-state index in [4.69, 9.17) is 0 Å². The first-order chi connectivity index (χ1) is 11.2. The summed E-state index contributed by atoms with van der Waals surface area (Å²) in [7, 11) is 0. The van der Waals surface area contributed by atoms with Gasteiger partial charge in [0.05, 0.1) is 6.10 Å². The van der Waals surface area contributed by atoms with Gasteiger partial charge in [-0.15, -0.1) is 0 Å². The van der Waals surface area contributed by atoms with Crippen molar-refractivity contribution in [3.63, 3.8) is 0 Å².